The van der Waals surface area contributed by atoms with Gasteiger partial charge in [-0.15, -0.1) is 0 Å². The molecule has 0 rings (SSSR count). The Morgan fingerprint density at radius 2 is 1.88 bits per heavy atom. The zero-order valence-corrected chi connectivity index (χ0v) is 9.91. The quantitative estimate of drug-likeness (QED) is 0.486. The topological polar surface area (TPSA) is 98.7 Å². The van der Waals surface area contributed by atoms with Gasteiger partial charge in [0.15, 0.2) is 0 Å². The molecule has 0 radical (unpaired) electrons. The van der Waals surface area contributed by atoms with Gasteiger partial charge in [0.25, 0.3) is 0 Å². The van der Waals surface area contributed by atoms with E-state index in [1.165, 1.54) is 0 Å². The minimum Gasteiger partial charge on any atom is -0.480 e. The van der Waals surface area contributed by atoms with E-state index < -0.39 is 17.9 Å². The Bertz CT molecular complexity index is 248. The number of hydrogen-bond donors (Lipinski definition) is 4. The molecule has 0 spiro atoms. The van der Waals surface area contributed by atoms with Crippen molar-refractivity contribution in [3.63, 3.8) is 0 Å². The third-order valence-corrected chi connectivity index (χ3v) is 1.83. The molecule has 4 N–H and O–H groups in total. The lowest BCUT2D eigenvalue weighted by Gasteiger charge is -2.21. The van der Waals surface area contributed by atoms with Crippen LogP contribution in [-0.4, -0.2) is 46.8 Å². The molecule has 0 aromatic carbocycles. The molecule has 0 fully saturated rings. The van der Waals surface area contributed by atoms with Gasteiger partial charge < -0.3 is 20.8 Å². The van der Waals surface area contributed by atoms with Crippen LogP contribution in [0.15, 0.2) is 0 Å². The molecule has 0 aliphatic heterocycles. The zero-order valence-electron chi connectivity index (χ0n) is 9.91. The van der Waals surface area contributed by atoms with Gasteiger partial charge in [0.2, 0.25) is 5.91 Å². The van der Waals surface area contributed by atoms with E-state index in [2.05, 4.69) is 10.6 Å². The molecule has 0 aromatic heterocycles. The fourth-order valence-corrected chi connectivity index (χ4v) is 0.977. The Hall–Kier alpha value is -1.14. The van der Waals surface area contributed by atoms with E-state index in [-0.39, 0.29) is 25.1 Å². The molecular weight excluding hydrogens is 212 g/mol. The summed E-state index contributed by atoms with van der Waals surface area (Å²) in [5.74, 6) is -1.53. The van der Waals surface area contributed by atoms with Crippen LogP contribution in [0.5, 0.6) is 0 Å². The molecular formula is C10H20N2O4. The summed E-state index contributed by atoms with van der Waals surface area (Å²) in [5.41, 5.74) is -0.201. The summed E-state index contributed by atoms with van der Waals surface area (Å²) < 4.78 is 0. The third kappa shape index (κ3) is 7.19. The number of rotatable bonds is 6. The van der Waals surface area contributed by atoms with Crippen LogP contribution in [0.1, 0.15) is 27.2 Å². The van der Waals surface area contributed by atoms with E-state index in [0.29, 0.717) is 0 Å². The van der Waals surface area contributed by atoms with Crippen molar-refractivity contribution in [2.75, 3.05) is 13.2 Å². The van der Waals surface area contributed by atoms with E-state index >= 15 is 0 Å². The zero-order chi connectivity index (χ0) is 12.8. The van der Waals surface area contributed by atoms with E-state index in [0.717, 1.165) is 0 Å². The summed E-state index contributed by atoms with van der Waals surface area (Å²) >= 11 is 0. The van der Waals surface area contributed by atoms with Crippen LogP contribution in [-0.2, 0) is 9.59 Å². The largest absolute Gasteiger partial charge is 0.480 e. The lowest BCUT2D eigenvalue weighted by molar-refractivity contribution is -0.142. The number of aliphatic hydroxyl groups excluding tert-OH is 1. The number of aliphatic carboxylic acids is 1. The Labute approximate surface area is 95.0 Å². The Morgan fingerprint density at radius 3 is 2.25 bits per heavy atom. The first-order chi connectivity index (χ1) is 7.26. The predicted molar refractivity (Wildman–Crippen MR) is 59.0 cm³/mol. The fourth-order valence-electron chi connectivity index (χ4n) is 0.977. The summed E-state index contributed by atoms with van der Waals surface area (Å²) in [5, 5.41) is 22.6. The molecule has 0 aliphatic carbocycles. The standard InChI is InChI=1S/C10H20N2O4/c1-10(2,3)11-6-8(14)12-7(4-5-13)9(15)16/h7,11,13H,4-6H2,1-3H3,(H,12,14)(H,15,16)/t7-/m0/s1. The van der Waals surface area contributed by atoms with Crippen LogP contribution in [0.3, 0.4) is 0 Å². The van der Waals surface area contributed by atoms with Crippen LogP contribution >= 0.6 is 0 Å². The smallest absolute Gasteiger partial charge is 0.326 e. The number of nitrogens with one attached hydrogen (secondary N) is 2. The van der Waals surface area contributed by atoms with Crippen molar-refractivity contribution in [2.24, 2.45) is 0 Å². The van der Waals surface area contributed by atoms with Gasteiger partial charge in [-0.25, -0.2) is 4.79 Å². The maximum atomic E-state index is 11.4. The fraction of sp³-hybridized carbons (Fsp3) is 0.800. The van der Waals surface area contributed by atoms with Crippen LogP contribution in [0.2, 0.25) is 0 Å². The highest BCUT2D eigenvalue weighted by molar-refractivity contribution is 5.84. The normalized spacial score (nSPS) is 13.2. The average Bonchev–Trinajstić information content (AvgIpc) is 2.13. The molecule has 6 nitrogen and oxygen atoms in total. The van der Waals surface area contributed by atoms with Crippen LogP contribution in [0.25, 0.3) is 0 Å². The first-order valence-electron chi connectivity index (χ1n) is 5.14. The third-order valence-electron chi connectivity index (χ3n) is 1.83. The molecule has 0 saturated heterocycles. The van der Waals surface area contributed by atoms with Gasteiger partial charge in [-0.3, -0.25) is 4.79 Å². The maximum Gasteiger partial charge on any atom is 0.326 e. The monoisotopic (exact) mass is 232 g/mol. The van der Waals surface area contributed by atoms with Gasteiger partial charge >= 0.3 is 5.97 Å². The second kappa shape index (κ2) is 6.44. The molecule has 0 aliphatic rings. The lowest BCUT2D eigenvalue weighted by atomic mass is 10.1. The van der Waals surface area contributed by atoms with Gasteiger partial charge in [0.05, 0.1) is 6.54 Å². The molecule has 0 heterocycles. The van der Waals surface area contributed by atoms with Crippen LogP contribution in [0, 0.1) is 0 Å². The van der Waals surface area contributed by atoms with Crippen molar-refractivity contribution in [3.05, 3.63) is 0 Å². The molecule has 6 heteroatoms. The van der Waals surface area contributed by atoms with Gasteiger partial charge in [-0.05, 0) is 20.8 Å². The van der Waals surface area contributed by atoms with Gasteiger partial charge in [-0.2, -0.15) is 0 Å². The number of carbonyl (C=O) groups excluding carboxylic acids is 1. The summed E-state index contributed by atoms with van der Waals surface area (Å²) in [6.07, 6.45) is 0.0105. The van der Waals surface area contributed by atoms with E-state index in [1.807, 2.05) is 20.8 Å². The summed E-state index contributed by atoms with van der Waals surface area (Å²) in [6, 6.07) is -1.03. The molecule has 94 valence electrons. The van der Waals surface area contributed by atoms with Crippen molar-refractivity contribution in [3.8, 4) is 0 Å². The van der Waals surface area contributed by atoms with Gasteiger partial charge in [-0.1, -0.05) is 0 Å². The number of carbonyl (C=O) groups is 2. The number of carboxylic acid groups (broad SMARTS) is 1. The van der Waals surface area contributed by atoms with Crippen LogP contribution in [0.4, 0.5) is 0 Å². The van der Waals surface area contributed by atoms with Crippen molar-refractivity contribution in [2.45, 2.75) is 38.8 Å². The lowest BCUT2D eigenvalue weighted by Crippen LogP contribution is -2.48. The number of hydrogen-bond acceptors (Lipinski definition) is 4. The maximum absolute atomic E-state index is 11.4. The van der Waals surface area contributed by atoms with E-state index in [1.54, 1.807) is 0 Å². The van der Waals surface area contributed by atoms with Crippen molar-refractivity contribution < 1.29 is 19.8 Å². The van der Waals surface area contributed by atoms with Crippen molar-refractivity contribution in [1.82, 2.24) is 10.6 Å². The summed E-state index contributed by atoms with van der Waals surface area (Å²) in [7, 11) is 0. The molecule has 0 aromatic rings. The predicted octanol–water partition coefficient (Wildman–Crippen LogP) is -0.674. The second-order valence-corrected chi connectivity index (χ2v) is 4.57. The highest BCUT2D eigenvalue weighted by Gasteiger charge is 2.19. The second-order valence-electron chi connectivity index (χ2n) is 4.57. The van der Waals surface area contributed by atoms with Crippen molar-refractivity contribution >= 4 is 11.9 Å². The molecule has 16 heavy (non-hydrogen) atoms. The highest BCUT2D eigenvalue weighted by atomic mass is 16.4. The Morgan fingerprint density at radius 1 is 1.31 bits per heavy atom. The Kier molecular flexibility index (Phi) is 5.98. The van der Waals surface area contributed by atoms with Crippen molar-refractivity contribution in [1.29, 1.82) is 0 Å². The Balaban J connectivity index is 4.05. The number of amides is 1. The van der Waals surface area contributed by atoms with E-state index in [9.17, 15) is 9.59 Å². The first kappa shape index (κ1) is 14.9. The first-order valence-corrected chi connectivity index (χ1v) is 5.14. The number of aliphatic hydroxyl groups is 1. The minimum absolute atomic E-state index is 0.0105. The number of carboxylic acids is 1. The molecule has 0 bridgehead atoms. The van der Waals surface area contributed by atoms with Gasteiger partial charge in [0, 0.05) is 18.6 Å². The SMILES string of the molecule is CC(C)(C)NCC(=O)N[C@@H](CCO)C(=O)O. The molecule has 0 saturated carbocycles. The van der Waals surface area contributed by atoms with Gasteiger partial charge in [0.1, 0.15) is 6.04 Å². The highest BCUT2D eigenvalue weighted by Crippen LogP contribution is 1.97. The van der Waals surface area contributed by atoms with E-state index in [4.69, 9.17) is 10.2 Å². The van der Waals surface area contributed by atoms with Crippen LogP contribution < -0.4 is 10.6 Å². The average molecular weight is 232 g/mol. The summed E-state index contributed by atoms with van der Waals surface area (Å²) in [4.78, 5) is 22.0. The molecule has 0 unspecified atom stereocenters. The molecule has 1 amide bonds. The molecule has 1 atom stereocenters. The minimum atomic E-state index is -1.14. The summed E-state index contributed by atoms with van der Waals surface area (Å²) in [6.45, 7) is 5.50.